The number of rotatable bonds is 8. The molecule has 0 unspecified atom stereocenters. The molecule has 0 atom stereocenters. The second-order valence-corrected chi connectivity index (χ2v) is 17.4. The van der Waals surface area contributed by atoms with Gasteiger partial charge in [-0.15, -0.1) is 0 Å². The third kappa shape index (κ3) is 6.61. The molecule has 1 aliphatic rings. The molecule has 9 aromatic carbocycles. The number of anilines is 3. The fourth-order valence-electron chi connectivity index (χ4n) is 9.81. The number of nitrogens with zero attached hydrogens (tertiary/aromatic N) is 3. The molecule has 2 heterocycles. The standard InChI is InChI=1S/C61H43N3O/c1-61(2)54-27-13-12-22-49(54)50-37-36-47(38-55(50)61)64(45-32-28-41(29-33-45)40-16-6-3-7-17-40)46-34-30-42(31-35-46)48-23-14-24-51-52-25-15-26-53(59(52)65-58(48)51)57-39-56(43-18-8-4-9-19-43)62-60(63-57)44-20-10-5-11-21-44/h3-39H,1-2H3. The molecule has 11 aromatic rings. The molecular weight excluding hydrogens is 791 g/mol. The number of hydrogen-bond donors (Lipinski definition) is 0. The monoisotopic (exact) mass is 833 g/mol. The fourth-order valence-corrected chi connectivity index (χ4v) is 9.81. The molecular formula is C61H43N3O. The summed E-state index contributed by atoms with van der Waals surface area (Å²) >= 11 is 0. The van der Waals surface area contributed by atoms with E-state index < -0.39 is 0 Å². The van der Waals surface area contributed by atoms with Crippen molar-refractivity contribution in [2.45, 2.75) is 19.3 Å². The summed E-state index contributed by atoms with van der Waals surface area (Å²) in [5, 5.41) is 2.11. The molecule has 0 aliphatic heterocycles. The van der Waals surface area contributed by atoms with E-state index in [1.807, 2.05) is 36.4 Å². The zero-order valence-electron chi connectivity index (χ0n) is 36.1. The molecule has 4 nitrogen and oxygen atoms in total. The highest BCUT2D eigenvalue weighted by Gasteiger charge is 2.35. The van der Waals surface area contributed by atoms with Crippen LogP contribution in [-0.4, -0.2) is 9.97 Å². The van der Waals surface area contributed by atoms with Gasteiger partial charge < -0.3 is 9.32 Å². The van der Waals surface area contributed by atoms with Gasteiger partial charge in [-0.3, -0.25) is 0 Å². The van der Waals surface area contributed by atoms with Gasteiger partial charge in [0.25, 0.3) is 0 Å². The Kier molecular flexibility index (Phi) is 9.13. The average molecular weight is 834 g/mol. The largest absolute Gasteiger partial charge is 0.455 e. The normalized spacial score (nSPS) is 12.6. The summed E-state index contributed by atoms with van der Waals surface area (Å²) in [6.07, 6.45) is 0. The van der Waals surface area contributed by atoms with Crippen LogP contribution in [-0.2, 0) is 5.41 Å². The number of benzene rings is 9. The Morgan fingerprint density at radius 1 is 0.354 bits per heavy atom. The van der Waals surface area contributed by atoms with Gasteiger partial charge in [-0.2, -0.15) is 0 Å². The number of aromatic nitrogens is 2. The summed E-state index contributed by atoms with van der Waals surface area (Å²) in [7, 11) is 0. The van der Waals surface area contributed by atoms with Crippen LogP contribution in [0.1, 0.15) is 25.0 Å². The summed E-state index contributed by atoms with van der Waals surface area (Å²) < 4.78 is 7.00. The Labute approximate surface area is 378 Å². The van der Waals surface area contributed by atoms with Crippen LogP contribution < -0.4 is 4.90 Å². The molecule has 2 aromatic heterocycles. The van der Waals surface area contributed by atoms with Crippen LogP contribution in [0, 0.1) is 0 Å². The minimum atomic E-state index is -0.123. The highest BCUT2D eigenvalue weighted by Crippen LogP contribution is 2.51. The molecule has 308 valence electrons. The Morgan fingerprint density at radius 2 is 0.846 bits per heavy atom. The van der Waals surface area contributed by atoms with Gasteiger partial charge in [-0.25, -0.2) is 9.97 Å². The van der Waals surface area contributed by atoms with Gasteiger partial charge in [-0.05, 0) is 87.5 Å². The topological polar surface area (TPSA) is 42.2 Å². The number of fused-ring (bicyclic) bond motifs is 6. The van der Waals surface area contributed by atoms with Crippen LogP contribution in [0.15, 0.2) is 229 Å². The Morgan fingerprint density at radius 3 is 1.52 bits per heavy atom. The lowest BCUT2D eigenvalue weighted by Gasteiger charge is -2.28. The van der Waals surface area contributed by atoms with Crippen molar-refractivity contribution in [1.82, 2.24) is 9.97 Å². The lowest BCUT2D eigenvalue weighted by Crippen LogP contribution is -2.16. The van der Waals surface area contributed by atoms with Gasteiger partial charge in [0.05, 0.1) is 11.4 Å². The lowest BCUT2D eigenvalue weighted by atomic mass is 9.82. The SMILES string of the molecule is CC1(C)c2ccccc2-c2ccc(N(c3ccc(-c4ccccc4)cc3)c3ccc(-c4cccc5c4oc4c(-c6cc(-c7ccccc7)nc(-c7ccccc7)n6)cccc45)cc3)cc21. The zero-order chi connectivity index (χ0) is 43.5. The molecule has 0 saturated heterocycles. The second kappa shape index (κ2) is 15.5. The molecule has 1 aliphatic carbocycles. The van der Waals surface area contributed by atoms with E-state index in [0.29, 0.717) is 5.82 Å². The molecule has 65 heavy (non-hydrogen) atoms. The Balaban J connectivity index is 0.957. The summed E-state index contributed by atoms with van der Waals surface area (Å²) in [4.78, 5) is 12.6. The van der Waals surface area contributed by atoms with Gasteiger partial charge in [0.1, 0.15) is 11.2 Å². The van der Waals surface area contributed by atoms with Gasteiger partial charge >= 0.3 is 0 Å². The Hall–Kier alpha value is -8.34. The smallest absolute Gasteiger partial charge is 0.160 e. The van der Waals surface area contributed by atoms with E-state index in [1.54, 1.807) is 0 Å². The molecule has 0 fully saturated rings. The maximum atomic E-state index is 7.00. The molecule has 0 bridgehead atoms. The van der Waals surface area contributed by atoms with Crippen molar-refractivity contribution < 1.29 is 4.42 Å². The van der Waals surface area contributed by atoms with E-state index in [4.69, 9.17) is 14.4 Å². The van der Waals surface area contributed by atoms with Crippen molar-refractivity contribution in [2.24, 2.45) is 0 Å². The molecule has 0 radical (unpaired) electrons. The number of furan rings is 1. The average Bonchev–Trinajstić information content (AvgIpc) is 3.87. The first-order valence-electron chi connectivity index (χ1n) is 22.2. The quantitative estimate of drug-likeness (QED) is 0.153. The van der Waals surface area contributed by atoms with E-state index in [0.717, 1.165) is 78.2 Å². The van der Waals surface area contributed by atoms with E-state index in [2.05, 4.69) is 207 Å². The Bertz CT molecular complexity index is 3480. The number of hydrogen-bond acceptors (Lipinski definition) is 4. The van der Waals surface area contributed by atoms with Crippen molar-refractivity contribution in [1.29, 1.82) is 0 Å². The van der Waals surface area contributed by atoms with Crippen LogP contribution in [0.5, 0.6) is 0 Å². The first-order valence-corrected chi connectivity index (χ1v) is 22.2. The summed E-state index contributed by atoms with van der Waals surface area (Å²) in [6.45, 7) is 4.68. The first-order chi connectivity index (χ1) is 32.0. The van der Waals surface area contributed by atoms with E-state index in [9.17, 15) is 0 Å². The van der Waals surface area contributed by atoms with Gasteiger partial charge in [0.2, 0.25) is 0 Å². The molecule has 0 N–H and O–H groups in total. The minimum absolute atomic E-state index is 0.123. The summed E-state index contributed by atoms with van der Waals surface area (Å²) in [5.74, 6) is 0.672. The molecule has 0 amide bonds. The van der Waals surface area contributed by atoms with Crippen molar-refractivity contribution in [3.8, 4) is 67.3 Å². The van der Waals surface area contributed by atoms with Crippen LogP contribution >= 0.6 is 0 Å². The molecule has 12 rings (SSSR count). The van der Waals surface area contributed by atoms with E-state index >= 15 is 0 Å². The van der Waals surface area contributed by atoms with Crippen molar-refractivity contribution in [2.75, 3.05) is 4.90 Å². The predicted octanol–water partition coefficient (Wildman–Crippen LogP) is 16.5. The van der Waals surface area contributed by atoms with Crippen molar-refractivity contribution >= 4 is 39.0 Å². The van der Waals surface area contributed by atoms with Crippen molar-refractivity contribution in [3.63, 3.8) is 0 Å². The molecule has 0 spiro atoms. The maximum absolute atomic E-state index is 7.00. The molecule has 4 heteroatoms. The fraction of sp³-hybridized carbons (Fsp3) is 0.0492. The highest BCUT2D eigenvalue weighted by atomic mass is 16.3. The minimum Gasteiger partial charge on any atom is -0.455 e. The van der Waals surface area contributed by atoms with Crippen LogP contribution in [0.3, 0.4) is 0 Å². The van der Waals surface area contributed by atoms with Crippen molar-refractivity contribution in [3.05, 3.63) is 236 Å². The first kappa shape index (κ1) is 38.3. The maximum Gasteiger partial charge on any atom is 0.160 e. The second-order valence-electron chi connectivity index (χ2n) is 17.4. The predicted molar refractivity (Wildman–Crippen MR) is 269 cm³/mol. The summed E-state index contributed by atoms with van der Waals surface area (Å²) in [6, 6.07) is 79.5. The highest BCUT2D eigenvalue weighted by molar-refractivity contribution is 6.13. The van der Waals surface area contributed by atoms with Crippen LogP contribution in [0.2, 0.25) is 0 Å². The van der Waals surface area contributed by atoms with Gasteiger partial charge in [0.15, 0.2) is 5.82 Å². The summed E-state index contributed by atoms with van der Waals surface area (Å²) in [5.41, 5.74) is 19.2. The molecule has 0 saturated carbocycles. The van der Waals surface area contributed by atoms with Gasteiger partial charge in [-0.1, -0.05) is 190 Å². The van der Waals surface area contributed by atoms with E-state index in [1.165, 1.54) is 33.4 Å². The van der Waals surface area contributed by atoms with Crippen LogP contribution in [0.25, 0.3) is 89.2 Å². The third-order valence-corrected chi connectivity index (χ3v) is 13.1. The number of para-hydroxylation sites is 2. The van der Waals surface area contributed by atoms with Crippen LogP contribution in [0.4, 0.5) is 17.1 Å². The zero-order valence-corrected chi connectivity index (χ0v) is 36.1. The van der Waals surface area contributed by atoms with Gasteiger partial charge in [0, 0.05) is 55.5 Å². The van der Waals surface area contributed by atoms with E-state index in [-0.39, 0.29) is 5.41 Å². The lowest BCUT2D eigenvalue weighted by molar-refractivity contribution is 0.660. The third-order valence-electron chi connectivity index (χ3n) is 13.1.